The molecule has 12 heavy (non-hydrogen) atoms. The van der Waals surface area contributed by atoms with Gasteiger partial charge in [-0.1, -0.05) is 0 Å². The first-order chi connectivity index (χ1) is 5.65. The van der Waals surface area contributed by atoms with Gasteiger partial charge in [0.2, 0.25) is 0 Å². The zero-order valence-electron chi connectivity index (χ0n) is 7.06. The summed E-state index contributed by atoms with van der Waals surface area (Å²) in [7, 11) is 0. The fourth-order valence-electron chi connectivity index (χ4n) is 1.77. The van der Waals surface area contributed by atoms with E-state index in [2.05, 4.69) is 0 Å². The van der Waals surface area contributed by atoms with Crippen LogP contribution in [0.3, 0.4) is 0 Å². The quantitative estimate of drug-likeness (QED) is 0.426. The molecule has 72 valence electrons. The molecule has 0 aromatic carbocycles. The van der Waals surface area contributed by atoms with E-state index in [0.717, 1.165) is 0 Å². The Labute approximate surface area is 72.0 Å². The normalized spacial score (nSPS) is 39.5. The van der Waals surface area contributed by atoms with Crippen LogP contribution in [0, 0.1) is 5.92 Å². The minimum absolute atomic E-state index is 0.154. The highest BCUT2D eigenvalue weighted by Gasteiger charge is 2.32. The predicted molar refractivity (Wildman–Crippen MR) is 44.4 cm³/mol. The van der Waals surface area contributed by atoms with Gasteiger partial charge in [0.15, 0.2) is 0 Å². The first kappa shape index (κ1) is 9.92. The third kappa shape index (κ3) is 2.17. The lowest BCUT2D eigenvalue weighted by Crippen LogP contribution is -2.42. The summed E-state index contributed by atoms with van der Waals surface area (Å²) in [4.78, 5) is 0. The fraction of sp³-hybridized carbons (Fsp3) is 1.00. The molecule has 0 bridgehead atoms. The Kier molecular flexibility index (Phi) is 3.46. The Bertz CT molecular complexity index is 142. The van der Waals surface area contributed by atoms with E-state index < -0.39 is 18.3 Å². The molecule has 0 radical (unpaired) electrons. The van der Waals surface area contributed by atoms with Gasteiger partial charge in [0, 0.05) is 12.5 Å². The van der Waals surface area contributed by atoms with Gasteiger partial charge in [0.1, 0.15) is 0 Å². The third-order valence-corrected chi connectivity index (χ3v) is 2.58. The number of aliphatic hydroxyl groups is 3. The second kappa shape index (κ2) is 4.18. The van der Waals surface area contributed by atoms with Crippen LogP contribution in [0.2, 0.25) is 0 Å². The van der Waals surface area contributed by atoms with Crippen LogP contribution in [0.15, 0.2) is 0 Å². The lowest BCUT2D eigenvalue weighted by atomic mass is 9.81. The van der Waals surface area contributed by atoms with Crippen LogP contribution in [-0.4, -0.2) is 40.2 Å². The van der Waals surface area contributed by atoms with Crippen molar-refractivity contribution in [3.05, 3.63) is 0 Å². The average molecular weight is 175 g/mol. The summed E-state index contributed by atoms with van der Waals surface area (Å²) in [5.41, 5.74) is 5.28. The molecule has 0 saturated heterocycles. The molecule has 1 fully saturated rings. The summed E-state index contributed by atoms with van der Waals surface area (Å²) in [6.45, 7) is 0.178. The van der Waals surface area contributed by atoms with E-state index >= 15 is 0 Å². The van der Waals surface area contributed by atoms with Crippen LogP contribution in [0.5, 0.6) is 0 Å². The Morgan fingerprint density at radius 3 is 2.50 bits per heavy atom. The predicted octanol–water partition coefficient (Wildman–Crippen LogP) is -1.17. The Balaban J connectivity index is 2.44. The molecule has 1 rings (SSSR count). The lowest BCUT2D eigenvalue weighted by molar-refractivity contribution is -0.0458. The third-order valence-electron chi connectivity index (χ3n) is 2.58. The Morgan fingerprint density at radius 2 is 2.00 bits per heavy atom. The number of aliphatic hydroxyl groups excluding tert-OH is 3. The molecule has 0 aromatic rings. The summed E-state index contributed by atoms with van der Waals surface area (Å²) in [5.74, 6) is -0.154. The van der Waals surface area contributed by atoms with Gasteiger partial charge in [0.25, 0.3) is 0 Å². The van der Waals surface area contributed by atoms with Crippen molar-refractivity contribution < 1.29 is 15.3 Å². The standard InChI is InChI=1S/C8H17NO3/c9-4-8(12)6-2-1-5(10)3-7(6)11/h5-8,10-12H,1-4,9H2. The van der Waals surface area contributed by atoms with Gasteiger partial charge >= 0.3 is 0 Å². The number of hydrogen-bond acceptors (Lipinski definition) is 4. The molecule has 4 nitrogen and oxygen atoms in total. The molecular formula is C8H17NO3. The van der Waals surface area contributed by atoms with Crippen molar-refractivity contribution in [3.63, 3.8) is 0 Å². The average Bonchev–Trinajstić information content (AvgIpc) is 2.03. The van der Waals surface area contributed by atoms with Crippen molar-refractivity contribution in [1.29, 1.82) is 0 Å². The summed E-state index contributed by atoms with van der Waals surface area (Å²) in [6, 6.07) is 0. The Morgan fingerprint density at radius 1 is 1.33 bits per heavy atom. The van der Waals surface area contributed by atoms with Crippen molar-refractivity contribution in [1.82, 2.24) is 0 Å². The minimum Gasteiger partial charge on any atom is -0.393 e. The van der Waals surface area contributed by atoms with Gasteiger partial charge in [-0.25, -0.2) is 0 Å². The second-order valence-corrected chi connectivity index (χ2v) is 3.50. The van der Waals surface area contributed by atoms with Gasteiger partial charge in [-0.05, 0) is 19.3 Å². The van der Waals surface area contributed by atoms with Gasteiger partial charge in [-0.2, -0.15) is 0 Å². The minimum atomic E-state index is -0.632. The van der Waals surface area contributed by atoms with Crippen LogP contribution >= 0.6 is 0 Å². The molecule has 0 aromatic heterocycles. The van der Waals surface area contributed by atoms with Crippen LogP contribution < -0.4 is 5.73 Å². The van der Waals surface area contributed by atoms with Crippen LogP contribution in [0.1, 0.15) is 19.3 Å². The van der Waals surface area contributed by atoms with Gasteiger partial charge < -0.3 is 21.1 Å². The summed E-state index contributed by atoms with van der Waals surface area (Å²) < 4.78 is 0. The van der Waals surface area contributed by atoms with Crippen LogP contribution in [0.25, 0.3) is 0 Å². The molecule has 1 saturated carbocycles. The number of hydrogen-bond donors (Lipinski definition) is 4. The molecule has 4 atom stereocenters. The topological polar surface area (TPSA) is 86.7 Å². The summed E-state index contributed by atoms with van der Waals surface area (Å²) >= 11 is 0. The molecule has 1 aliphatic carbocycles. The van der Waals surface area contributed by atoms with Crippen molar-refractivity contribution in [2.45, 2.75) is 37.6 Å². The zero-order valence-corrected chi connectivity index (χ0v) is 7.06. The molecule has 0 amide bonds. The molecule has 0 aliphatic heterocycles. The molecule has 0 heterocycles. The molecule has 4 heteroatoms. The maximum absolute atomic E-state index is 9.47. The van der Waals surface area contributed by atoms with Crippen LogP contribution in [0.4, 0.5) is 0 Å². The SMILES string of the molecule is NCC(O)C1CCC(O)CC1O. The van der Waals surface area contributed by atoms with Crippen molar-refractivity contribution in [3.8, 4) is 0 Å². The maximum atomic E-state index is 9.47. The highest BCUT2D eigenvalue weighted by Crippen LogP contribution is 2.26. The Hall–Kier alpha value is -0.160. The van der Waals surface area contributed by atoms with E-state index in [1.165, 1.54) is 0 Å². The van der Waals surface area contributed by atoms with E-state index in [9.17, 15) is 15.3 Å². The number of nitrogens with two attached hydrogens (primary N) is 1. The molecule has 4 unspecified atom stereocenters. The molecular weight excluding hydrogens is 158 g/mol. The van der Waals surface area contributed by atoms with Crippen molar-refractivity contribution >= 4 is 0 Å². The first-order valence-corrected chi connectivity index (χ1v) is 4.39. The largest absolute Gasteiger partial charge is 0.393 e. The number of rotatable bonds is 2. The monoisotopic (exact) mass is 175 g/mol. The molecule has 1 aliphatic rings. The van der Waals surface area contributed by atoms with Crippen molar-refractivity contribution in [2.24, 2.45) is 11.7 Å². The van der Waals surface area contributed by atoms with E-state index in [-0.39, 0.29) is 12.5 Å². The van der Waals surface area contributed by atoms with E-state index in [1.54, 1.807) is 0 Å². The van der Waals surface area contributed by atoms with Gasteiger partial charge in [-0.15, -0.1) is 0 Å². The first-order valence-electron chi connectivity index (χ1n) is 4.39. The second-order valence-electron chi connectivity index (χ2n) is 3.50. The lowest BCUT2D eigenvalue weighted by Gasteiger charge is -2.33. The highest BCUT2D eigenvalue weighted by atomic mass is 16.3. The van der Waals surface area contributed by atoms with E-state index in [4.69, 9.17) is 5.73 Å². The highest BCUT2D eigenvalue weighted by molar-refractivity contribution is 4.84. The fourth-order valence-corrected chi connectivity index (χ4v) is 1.77. The maximum Gasteiger partial charge on any atom is 0.0715 e. The van der Waals surface area contributed by atoms with Gasteiger partial charge in [-0.3, -0.25) is 0 Å². The van der Waals surface area contributed by atoms with Crippen LogP contribution in [-0.2, 0) is 0 Å². The summed E-state index contributed by atoms with van der Waals surface area (Å²) in [6.07, 6.45) is 0.0160. The smallest absolute Gasteiger partial charge is 0.0715 e. The van der Waals surface area contributed by atoms with Crippen molar-refractivity contribution in [2.75, 3.05) is 6.54 Å². The molecule has 0 spiro atoms. The molecule has 5 N–H and O–H groups in total. The van der Waals surface area contributed by atoms with E-state index in [0.29, 0.717) is 19.3 Å². The zero-order chi connectivity index (χ0) is 9.14. The summed E-state index contributed by atoms with van der Waals surface area (Å²) in [5, 5.41) is 28.0. The van der Waals surface area contributed by atoms with E-state index in [1.807, 2.05) is 0 Å². The van der Waals surface area contributed by atoms with Gasteiger partial charge in [0.05, 0.1) is 18.3 Å².